The van der Waals surface area contributed by atoms with Gasteiger partial charge in [-0.3, -0.25) is 4.68 Å². The molecule has 0 bridgehead atoms. The molecule has 0 saturated heterocycles. The molecule has 0 amide bonds. The first kappa shape index (κ1) is 16.5. The van der Waals surface area contributed by atoms with Crippen LogP contribution in [0.15, 0.2) is 0 Å². The van der Waals surface area contributed by atoms with Crippen molar-refractivity contribution in [1.82, 2.24) is 15.1 Å². The van der Waals surface area contributed by atoms with E-state index in [1.165, 1.54) is 0 Å². The first-order valence-electron chi connectivity index (χ1n) is 7.06. The second kappa shape index (κ2) is 8.56. The largest absolute Gasteiger partial charge is 0.385 e. The Bertz CT molecular complexity index is 371. The van der Waals surface area contributed by atoms with Gasteiger partial charge in [0.15, 0.2) is 0 Å². The number of rotatable bonds is 9. The number of aromatic nitrogens is 2. The van der Waals surface area contributed by atoms with Gasteiger partial charge >= 0.3 is 0 Å². The highest BCUT2D eigenvalue weighted by Gasteiger charge is 2.17. The Morgan fingerprint density at radius 3 is 2.68 bits per heavy atom. The molecule has 1 aromatic rings. The van der Waals surface area contributed by atoms with E-state index in [-0.39, 0.29) is 0 Å². The molecule has 110 valence electrons. The molecule has 4 nitrogen and oxygen atoms in total. The molecule has 1 heterocycles. The van der Waals surface area contributed by atoms with Crippen LogP contribution < -0.4 is 5.32 Å². The van der Waals surface area contributed by atoms with Crippen LogP contribution in [0, 0.1) is 0 Å². The van der Waals surface area contributed by atoms with Crippen LogP contribution in [0.25, 0.3) is 0 Å². The maximum Gasteiger partial charge on any atom is 0.0850 e. The van der Waals surface area contributed by atoms with E-state index in [0.717, 1.165) is 55.2 Å². The number of methoxy groups -OCH3 is 1. The number of nitrogens with one attached hydrogen (secondary N) is 1. The molecule has 1 atom stereocenters. The second-order valence-corrected chi connectivity index (χ2v) is 5.20. The molecule has 0 aliphatic carbocycles. The van der Waals surface area contributed by atoms with Crippen molar-refractivity contribution in [2.24, 2.45) is 7.05 Å². The monoisotopic (exact) mass is 287 g/mol. The summed E-state index contributed by atoms with van der Waals surface area (Å²) >= 11 is 6.40. The van der Waals surface area contributed by atoms with E-state index in [1.807, 2.05) is 11.7 Å². The molecular weight excluding hydrogens is 262 g/mol. The van der Waals surface area contributed by atoms with Crippen LogP contribution in [0.4, 0.5) is 0 Å². The summed E-state index contributed by atoms with van der Waals surface area (Å²) in [5.74, 6) is 0. The number of nitrogens with zero attached hydrogens (tertiary/aromatic N) is 2. The summed E-state index contributed by atoms with van der Waals surface area (Å²) in [5, 5.41) is 8.85. The zero-order valence-electron chi connectivity index (χ0n) is 12.5. The molecule has 0 aliphatic heterocycles. The van der Waals surface area contributed by atoms with Gasteiger partial charge in [-0.15, -0.1) is 0 Å². The van der Waals surface area contributed by atoms with Crippen molar-refractivity contribution in [1.29, 1.82) is 0 Å². The fourth-order valence-electron chi connectivity index (χ4n) is 2.16. The Balaban J connectivity index is 2.73. The maximum atomic E-state index is 6.40. The molecule has 0 aromatic carbocycles. The maximum absolute atomic E-state index is 6.40. The minimum Gasteiger partial charge on any atom is -0.385 e. The predicted octanol–water partition coefficient (Wildman–Crippen LogP) is 2.58. The number of halogens is 1. The fraction of sp³-hybridized carbons (Fsp3) is 0.786. The van der Waals surface area contributed by atoms with E-state index < -0.39 is 0 Å². The van der Waals surface area contributed by atoms with Crippen LogP contribution in [0.5, 0.6) is 0 Å². The van der Waals surface area contributed by atoms with Crippen LogP contribution in [0.1, 0.15) is 38.1 Å². The van der Waals surface area contributed by atoms with Gasteiger partial charge in [0.25, 0.3) is 0 Å². The van der Waals surface area contributed by atoms with E-state index in [9.17, 15) is 0 Å². The number of ether oxygens (including phenoxy) is 1. The van der Waals surface area contributed by atoms with E-state index in [4.69, 9.17) is 16.3 Å². The van der Waals surface area contributed by atoms with Crippen LogP contribution in [-0.2, 0) is 24.6 Å². The minimum absolute atomic E-state index is 0.387. The van der Waals surface area contributed by atoms with Crippen molar-refractivity contribution < 1.29 is 4.74 Å². The molecule has 5 heteroatoms. The van der Waals surface area contributed by atoms with Crippen LogP contribution in [0.3, 0.4) is 0 Å². The summed E-state index contributed by atoms with van der Waals surface area (Å²) < 4.78 is 7.09. The quantitative estimate of drug-likeness (QED) is 0.759. The summed E-state index contributed by atoms with van der Waals surface area (Å²) in [6, 6.07) is 0.387. The van der Waals surface area contributed by atoms with Crippen molar-refractivity contribution in [2.45, 2.75) is 45.6 Å². The fourth-order valence-corrected chi connectivity index (χ4v) is 2.53. The third kappa shape index (κ3) is 4.79. The normalized spacial score (nSPS) is 12.9. The molecule has 0 aliphatic rings. The van der Waals surface area contributed by atoms with Gasteiger partial charge in [0.1, 0.15) is 0 Å². The Morgan fingerprint density at radius 1 is 1.42 bits per heavy atom. The van der Waals surface area contributed by atoms with Gasteiger partial charge in [0.05, 0.1) is 16.4 Å². The van der Waals surface area contributed by atoms with Crippen LogP contribution >= 0.6 is 11.6 Å². The van der Waals surface area contributed by atoms with Gasteiger partial charge in [-0.25, -0.2) is 0 Å². The Morgan fingerprint density at radius 2 is 2.16 bits per heavy atom. The van der Waals surface area contributed by atoms with Gasteiger partial charge < -0.3 is 10.1 Å². The van der Waals surface area contributed by atoms with Crippen molar-refractivity contribution >= 4 is 11.6 Å². The standard InChI is InChI=1S/C14H26ClN3O/c1-5-8-16-11(7-9-19-4)10-13-14(15)12(6-2)17-18(13)3/h11,16H,5-10H2,1-4H3. The van der Waals surface area contributed by atoms with Crippen molar-refractivity contribution in [3.63, 3.8) is 0 Å². The molecule has 1 unspecified atom stereocenters. The zero-order chi connectivity index (χ0) is 14.3. The number of aryl methyl sites for hydroxylation is 2. The predicted molar refractivity (Wildman–Crippen MR) is 79.9 cm³/mol. The highest BCUT2D eigenvalue weighted by atomic mass is 35.5. The van der Waals surface area contributed by atoms with Crippen molar-refractivity contribution in [2.75, 3.05) is 20.3 Å². The molecule has 0 radical (unpaired) electrons. The average molecular weight is 288 g/mol. The SMILES string of the molecule is CCCNC(CCOC)Cc1c(Cl)c(CC)nn1C. The Kier molecular flexibility index (Phi) is 7.42. The minimum atomic E-state index is 0.387. The van der Waals surface area contributed by atoms with Crippen molar-refractivity contribution in [3.05, 3.63) is 16.4 Å². The van der Waals surface area contributed by atoms with Gasteiger partial charge in [-0.2, -0.15) is 5.10 Å². The first-order valence-corrected chi connectivity index (χ1v) is 7.44. The van der Waals surface area contributed by atoms with E-state index in [1.54, 1.807) is 7.11 Å². The lowest BCUT2D eigenvalue weighted by atomic mass is 10.1. The van der Waals surface area contributed by atoms with E-state index in [0.29, 0.717) is 6.04 Å². The number of hydrogen-bond donors (Lipinski definition) is 1. The number of hydrogen-bond acceptors (Lipinski definition) is 3. The van der Waals surface area contributed by atoms with Crippen molar-refractivity contribution in [3.8, 4) is 0 Å². The van der Waals surface area contributed by atoms with Gasteiger partial charge in [-0.1, -0.05) is 25.4 Å². The third-order valence-corrected chi connectivity index (χ3v) is 3.73. The average Bonchev–Trinajstić information content (AvgIpc) is 2.68. The molecule has 0 saturated carbocycles. The lowest BCUT2D eigenvalue weighted by Crippen LogP contribution is -2.33. The first-order chi connectivity index (χ1) is 9.13. The summed E-state index contributed by atoms with van der Waals surface area (Å²) in [5.41, 5.74) is 2.10. The molecular formula is C14H26ClN3O. The highest BCUT2D eigenvalue weighted by molar-refractivity contribution is 6.31. The second-order valence-electron chi connectivity index (χ2n) is 4.82. The molecule has 0 fully saturated rings. The van der Waals surface area contributed by atoms with Gasteiger partial charge in [0.2, 0.25) is 0 Å². The molecule has 1 rings (SSSR count). The summed E-state index contributed by atoms with van der Waals surface area (Å²) in [6.07, 6.45) is 3.88. The lowest BCUT2D eigenvalue weighted by molar-refractivity contribution is 0.182. The van der Waals surface area contributed by atoms with Gasteiger partial charge in [0, 0.05) is 33.2 Å². The zero-order valence-corrected chi connectivity index (χ0v) is 13.3. The van der Waals surface area contributed by atoms with Crippen LogP contribution in [0.2, 0.25) is 5.02 Å². The molecule has 1 aromatic heterocycles. The van der Waals surface area contributed by atoms with E-state index in [2.05, 4.69) is 24.3 Å². The Labute approximate surface area is 121 Å². The smallest absolute Gasteiger partial charge is 0.0850 e. The van der Waals surface area contributed by atoms with E-state index >= 15 is 0 Å². The van der Waals surface area contributed by atoms with Crippen LogP contribution in [-0.4, -0.2) is 36.1 Å². The van der Waals surface area contributed by atoms with Gasteiger partial charge in [-0.05, 0) is 25.8 Å². The lowest BCUT2D eigenvalue weighted by Gasteiger charge is -2.18. The summed E-state index contributed by atoms with van der Waals surface area (Å²) in [7, 11) is 3.71. The molecule has 19 heavy (non-hydrogen) atoms. The molecule has 1 N–H and O–H groups in total. The Hall–Kier alpha value is -0.580. The summed E-state index contributed by atoms with van der Waals surface area (Å²) in [4.78, 5) is 0. The molecule has 0 spiro atoms. The summed E-state index contributed by atoms with van der Waals surface area (Å²) in [6.45, 7) is 6.03. The topological polar surface area (TPSA) is 39.1 Å². The highest BCUT2D eigenvalue weighted by Crippen LogP contribution is 2.22. The third-order valence-electron chi connectivity index (χ3n) is 3.30.